The number of hydrogen-bond acceptors (Lipinski definition) is 25. The number of benzene rings is 1. The van der Waals surface area contributed by atoms with Gasteiger partial charge in [-0.15, -0.1) is 0 Å². The van der Waals surface area contributed by atoms with Gasteiger partial charge in [-0.2, -0.15) is 50.5 Å². The number of aliphatic hydroxyl groups is 1. The number of likely N-dealkylation sites (tertiary alicyclic amines) is 2. The number of aliphatic hydroxyl groups excluding tert-OH is 1. The van der Waals surface area contributed by atoms with Gasteiger partial charge >= 0.3 is 11.9 Å². The SMILES string of the molecule is CC(C)C[C@H](NC(=O)[C@H](CS)NC(=O)[C@@H](NC(=O)[C@H](Cc1c[nH]c2ccccc12)NC(=O)CNC(=O)[C@H](CCCN=C(N)N)NC(=O)[C@@H]1CCCN1C(=O)[C@H](CS)NC(=O)[C@@H](NC(=O)[C@H](CS)NC(=O)CN)[C@@H](C)O)C(C)C)C(=O)N[C@@H](C)C(=O)N[C@@H](CCCN=C(N)N)C(=O)N[C@@H](CCC(=O)O)C(=O)N1CCC[C@H]1C(=O)N[C@@H](CS)C(=O)O. The number of rotatable bonds is 50. The fourth-order valence-electron chi connectivity index (χ4n) is 12.8. The number of guanidine groups is 2. The van der Waals surface area contributed by atoms with Gasteiger partial charge < -0.3 is 128 Å². The third-order valence-corrected chi connectivity index (χ3v) is 20.6. The molecule has 1 aromatic carbocycles. The predicted molar refractivity (Wildman–Crippen MR) is 448 cm³/mol. The third-order valence-electron chi connectivity index (χ3n) is 19.1. The molecule has 15 atom stereocenters. The van der Waals surface area contributed by atoms with E-state index in [0.29, 0.717) is 22.9 Å². The fourth-order valence-corrected chi connectivity index (χ4v) is 13.8. The first-order valence-corrected chi connectivity index (χ1v) is 41.2. The minimum Gasteiger partial charge on any atom is -0.481 e. The Kier molecular flexibility index (Phi) is 42.9. The molecule has 2 aliphatic heterocycles. The molecule has 0 bridgehead atoms. The van der Waals surface area contributed by atoms with E-state index in [4.69, 9.17) is 28.7 Å². The van der Waals surface area contributed by atoms with Gasteiger partial charge in [0, 0.05) is 79.1 Å². The van der Waals surface area contributed by atoms with Crippen LogP contribution >= 0.6 is 50.5 Å². The average Bonchev–Trinajstić information content (AvgIpc) is 1.86. The van der Waals surface area contributed by atoms with Crippen molar-refractivity contribution in [3.8, 4) is 0 Å². The van der Waals surface area contributed by atoms with Crippen molar-refractivity contribution in [2.24, 2.45) is 50.5 Å². The van der Waals surface area contributed by atoms with Crippen molar-refractivity contribution in [2.75, 3.05) is 62.3 Å². The van der Waals surface area contributed by atoms with E-state index in [1.54, 1.807) is 58.2 Å². The van der Waals surface area contributed by atoms with Crippen molar-refractivity contribution in [1.29, 1.82) is 0 Å². The number of thiol groups is 4. The molecule has 47 heteroatoms. The van der Waals surface area contributed by atoms with Gasteiger partial charge in [-0.1, -0.05) is 45.9 Å². The lowest BCUT2D eigenvalue weighted by Crippen LogP contribution is -2.61. The fraction of sp³-hybridized carbons (Fsp3) is 0.625. The minimum atomic E-state index is -1.65. The maximum atomic E-state index is 14.7. The van der Waals surface area contributed by atoms with E-state index in [2.05, 4.69) is 135 Å². The number of nitrogens with one attached hydrogen (secondary N) is 14. The summed E-state index contributed by atoms with van der Waals surface area (Å²) in [5.74, 6) is -18.8. The number of carbonyl (C=O) groups is 17. The molecule has 1 aromatic heterocycles. The van der Waals surface area contributed by atoms with Gasteiger partial charge in [0.05, 0.1) is 19.2 Å². The van der Waals surface area contributed by atoms with Crippen molar-refractivity contribution >= 4 is 174 Å². The average molecular weight is 1750 g/mol. The summed E-state index contributed by atoms with van der Waals surface area (Å²) >= 11 is 16.7. The highest BCUT2D eigenvalue weighted by atomic mass is 32.1. The number of fused-ring (bicyclic) bond motifs is 1. The second-order valence-electron chi connectivity index (χ2n) is 29.2. The topological polar surface area (TPSA) is 684 Å². The molecule has 2 saturated heterocycles. The Morgan fingerprint density at radius 3 is 1.48 bits per heavy atom. The maximum absolute atomic E-state index is 14.7. The zero-order valence-electron chi connectivity index (χ0n) is 67.0. The van der Waals surface area contributed by atoms with Crippen LogP contribution in [0.25, 0.3) is 10.9 Å². The summed E-state index contributed by atoms with van der Waals surface area (Å²) in [6.45, 7) is 7.75. The molecule has 2 fully saturated rings. The Balaban J connectivity index is 1.52. The molecule has 2 aliphatic rings. The normalized spacial score (nSPS) is 17.0. The van der Waals surface area contributed by atoms with Crippen LogP contribution in [0.1, 0.15) is 118 Å². The largest absolute Gasteiger partial charge is 0.481 e. The number of carbonyl (C=O) groups excluding carboxylic acids is 15. The van der Waals surface area contributed by atoms with Crippen LogP contribution in [0.5, 0.6) is 0 Å². The summed E-state index contributed by atoms with van der Waals surface area (Å²) in [5.41, 5.74) is 28.7. The van der Waals surface area contributed by atoms with E-state index >= 15 is 0 Å². The molecule has 662 valence electrons. The Labute approximate surface area is 709 Å². The number of aliphatic carboxylic acids is 2. The first-order valence-electron chi connectivity index (χ1n) is 38.6. The van der Waals surface area contributed by atoms with E-state index in [0.717, 1.165) is 4.90 Å². The molecule has 0 saturated carbocycles. The van der Waals surface area contributed by atoms with Crippen LogP contribution in [-0.2, 0) is 87.9 Å². The van der Waals surface area contributed by atoms with Crippen LogP contribution < -0.4 is 97.8 Å². The summed E-state index contributed by atoms with van der Waals surface area (Å²) in [7, 11) is 0. The van der Waals surface area contributed by atoms with Crippen molar-refractivity contribution in [3.05, 3.63) is 36.0 Å². The molecule has 0 radical (unpaired) electrons. The number of hydrogen-bond donors (Lipinski definition) is 26. The van der Waals surface area contributed by atoms with E-state index in [9.17, 15) is 96.8 Å². The summed E-state index contributed by atoms with van der Waals surface area (Å²) in [6.07, 6.45) is -0.693. The summed E-state index contributed by atoms with van der Waals surface area (Å²) in [6, 6.07) is -12.9. The standard InChI is InChI=1S/C72H115N23O20S4/c1-34(2)25-44(60(104)82-36(5)57(101)85-42(16-10-22-79-72(76)77)59(103)87-43(19-20-54(99)100)68(112)94-23-11-18-51(94)65(109)91-49(33-119)70(114)115)88-62(106)47(31-117)89-66(110)55(35(3)4)92-61(105)45(26-38-28-80-40-14-8-7-13-39(38)40)83-53(98)29-81-58(102)41(15-9-21-78-71(74)75)86-64(108)50-17-12-24-95(50)69(113)48(32-118)90-67(111)56(37(6)96)93-63(107)46(30-116)84-52(97)27-73/h7-8,13-14,28,34-37,41-51,55-56,80,96,116-119H,9-12,15-27,29-33,73H2,1-6H3,(H,81,102)(H,82,104)(H,83,98)(H,84,97)(H,85,101)(H,86,108)(H,87,103)(H,88,106)(H,89,110)(H,90,111)(H,91,109)(H,92,105)(H,93,107)(H,99,100)(H,114,115)(H4,74,75,78)(H4,76,77,79)/t36-,37+,41-,42-,43-,44-,45-,46-,47-,48-,49-,50-,51-,55-,56-/m0/s1. The van der Waals surface area contributed by atoms with Gasteiger partial charge in [-0.25, -0.2) is 4.79 Å². The Hall–Kier alpha value is -10.4. The van der Waals surface area contributed by atoms with E-state index < -0.39 is 223 Å². The second kappa shape index (κ2) is 50.5. The molecule has 4 rings (SSSR count). The Bertz CT molecular complexity index is 3960. The molecule has 2 aromatic rings. The number of nitrogens with zero attached hydrogens (tertiary/aromatic N) is 4. The lowest BCUT2D eigenvalue weighted by Gasteiger charge is -2.30. The zero-order chi connectivity index (χ0) is 89.1. The quantitative estimate of drug-likeness (QED) is 0.0127. The molecule has 15 amide bonds. The molecular weight excluding hydrogens is 1640 g/mol. The number of carboxylic acids is 2. The van der Waals surface area contributed by atoms with Crippen LogP contribution in [0.15, 0.2) is 40.4 Å². The van der Waals surface area contributed by atoms with Crippen LogP contribution in [0, 0.1) is 11.8 Å². The lowest BCUT2D eigenvalue weighted by molar-refractivity contribution is -0.145. The highest BCUT2D eigenvalue weighted by Gasteiger charge is 2.43. The summed E-state index contributed by atoms with van der Waals surface area (Å²) in [4.78, 5) is 246. The first-order chi connectivity index (χ1) is 56.2. The van der Waals surface area contributed by atoms with Crippen LogP contribution in [0.3, 0.4) is 0 Å². The number of aromatic nitrogens is 1. The van der Waals surface area contributed by atoms with Crippen LogP contribution in [0.2, 0.25) is 0 Å². The molecule has 0 spiro atoms. The first kappa shape index (κ1) is 101. The number of nitrogens with two attached hydrogens (primary N) is 5. The van der Waals surface area contributed by atoms with Gasteiger partial charge in [0.15, 0.2) is 11.9 Å². The van der Waals surface area contributed by atoms with Crippen LogP contribution in [-0.4, -0.2) is 296 Å². The molecule has 0 unspecified atom stereocenters. The number of para-hydroxylation sites is 1. The monoisotopic (exact) mass is 1750 g/mol. The lowest BCUT2D eigenvalue weighted by atomic mass is 10.00. The molecule has 3 heterocycles. The van der Waals surface area contributed by atoms with Gasteiger partial charge in [-0.3, -0.25) is 86.7 Å². The number of aliphatic imine (C=N–C) groups is 2. The van der Waals surface area contributed by atoms with Crippen LogP contribution in [0.4, 0.5) is 0 Å². The van der Waals surface area contributed by atoms with Crippen molar-refractivity contribution in [3.63, 3.8) is 0 Å². The van der Waals surface area contributed by atoms with Gasteiger partial charge in [0.2, 0.25) is 88.6 Å². The molecule has 119 heavy (non-hydrogen) atoms. The number of aromatic amines is 1. The van der Waals surface area contributed by atoms with E-state index in [1.165, 1.54) is 18.7 Å². The number of carboxylic acid groups (broad SMARTS) is 2. The van der Waals surface area contributed by atoms with Gasteiger partial charge in [-0.05, 0) is 102 Å². The number of H-pyrrole nitrogens is 1. The number of amides is 15. The molecule has 27 N–H and O–H groups in total. The minimum absolute atomic E-state index is 0.00611. The van der Waals surface area contributed by atoms with Crippen molar-refractivity contribution in [1.82, 2.24) is 83.9 Å². The molecular formula is C72H115N23O20S4. The Morgan fingerprint density at radius 2 is 0.958 bits per heavy atom. The predicted octanol–water partition coefficient (Wildman–Crippen LogP) is -7.54. The maximum Gasteiger partial charge on any atom is 0.327 e. The Morgan fingerprint density at radius 1 is 0.504 bits per heavy atom. The summed E-state index contributed by atoms with van der Waals surface area (Å²) in [5, 5.41) is 63.0. The highest BCUT2D eigenvalue weighted by molar-refractivity contribution is 7.80. The van der Waals surface area contributed by atoms with Crippen molar-refractivity contribution in [2.45, 2.75) is 209 Å². The van der Waals surface area contributed by atoms with Gasteiger partial charge in [0.1, 0.15) is 84.6 Å². The van der Waals surface area contributed by atoms with E-state index in [1.807, 2.05) is 0 Å². The third kappa shape index (κ3) is 32.7. The zero-order valence-corrected chi connectivity index (χ0v) is 70.6. The molecule has 43 nitrogen and oxygen atoms in total. The highest BCUT2D eigenvalue weighted by Crippen LogP contribution is 2.24. The summed E-state index contributed by atoms with van der Waals surface area (Å²) < 4.78 is 0. The van der Waals surface area contributed by atoms with E-state index in [-0.39, 0.29) is 125 Å². The molecule has 0 aliphatic carbocycles. The van der Waals surface area contributed by atoms with Gasteiger partial charge in [0.25, 0.3) is 0 Å². The second-order valence-corrected chi connectivity index (χ2v) is 30.7. The van der Waals surface area contributed by atoms with Crippen molar-refractivity contribution < 1.29 is 96.8 Å². The smallest absolute Gasteiger partial charge is 0.327 e.